The monoisotopic (exact) mass is 457 g/mol. The Morgan fingerprint density at radius 2 is 1.41 bits per heavy atom. The molecule has 0 bridgehead atoms. The topological polar surface area (TPSA) is 55.4 Å². The molecule has 3 aromatic carbocycles. The van der Waals surface area contributed by atoms with E-state index in [0.717, 1.165) is 59.3 Å². The summed E-state index contributed by atoms with van der Waals surface area (Å²) < 4.78 is 6.26. The Kier molecular flexibility index (Phi) is 7.43. The summed E-state index contributed by atoms with van der Waals surface area (Å²) in [7, 11) is 0. The fourth-order valence-corrected chi connectivity index (χ4v) is 4.92. The minimum Gasteiger partial charge on any atom is -0.457 e. The first-order chi connectivity index (χ1) is 16.4. The van der Waals surface area contributed by atoms with Crippen LogP contribution in [0.4, 0.5) is 5.69 Å². The summed E-state index contributed by atoms with van der Waals surface area (Å²) in [5.41, 5.74) is 5.20. The SMILES string of the molecule is Cc1cc(C(=O)OCc2ccccc2)cc(C)c1NC(=O)C[N+]1(Cc2ccccc2)CCCC1. The highest BCUT2D eigenvalue weighted by atomic mass is 16.5. The zero-order chi connectivity index (χ0) is 24.0. The van der Waals surface area contributed by atoms with Crippen LogP contribution in [-0.2, 0) is 22.7 Å². The Bertz CT molecular complexity index is 1110. The van der Waals surface area contributed by atoms with Gasteiger partial charge < -0.3 is 14.5 Å². The van der Waals surface area contributed by atoms with Crippen molar-refractivity contribution in [3.8, 4) is 0 Å². The van der Waals surface area contributed by atoms with Crippen LogP contribution >= 0.6 is 0 Å². The van der Waals surface area contributed by atoms with Crippen LogP contribution in [-0.4, -0.2) is 36.0 Å². The van der Waals surface area contributed by atoms with Gasteiger partial charge in [-0.1, -0.05) is 60.7 Å². The molecule has 1 aliphatic rings. The molecule has 0 aliphatic carbocycles. The number of benzene rings is 3. The van der Waals surface area contributed by atoms with E-state index in [9.17, 15) is 9.59 Å². The first kappa shape index (κ1) is 23.7. The van der Waals surface area contributed by atoms with E-state index < -0.39 is 0 Å². The van der Waals surface area contributed by atoms with E-state index in [-0.39, 0.29) is 18.5 Å². The van der Waals surface area contributed by atoms with Crippen LogP contribution in [0.25, 0.3) is 0 Å². The molecule has 1 heterocycles. The largest absolute Gasteiger partial charge is 0.457 e. The van der Waals surface area contributed by atoms with E-state index in [1.54, 1.807) is 12.1 Å². The lowest BCUT2D eigenvalue weighted by atomic mass is 10.0. The average molecular weight is 458 g/mol. The molecule has 1 aliphatic heterocycles. The van der Waals surface area contributed by atoms with Gasteiger partial charge in [0.25, 0.3) is 5.91 Å². The fraction of sp³-hybridized carbons (Fsp3) is 0.310. The summed E-state index contributed by atoms with van der Waals surface area (Å²) in [5, 5.41) is 3.13. The lowest BCUT2D eigenvalue weighted by Gasteiger charge is -2.33. The Morgan fingerprint density at radius 3 is 2.00 bits per heavy atom. The molecule has 176 valence electrons. The van der Waals surface area contributed by atoms with Crippen molar-refractivity contribution in [1.82, 2.24) is 0 Å². The van der Waals surface area contributed by atoms with Gasteiger partial charge >= 0.3 is 5.97 Å². The van der Waals surface area contributed by atoms with Gasteiger partial charge in [0.2, 0.25) is 0 Å². The van der Waals surface area contributed by atoms with Crippen LogP contribution in [0, 0.1) is 13.8 Å². The maximum atomic E-state index is 13.1. The van der Waals surface area contributed by atoms with Gasteiger partial charge in [-0.3, -0.25) is 4.79 Å². The number of carbonyl (C=O) groups excluding carboxylic acids is 2. The zero-order valence-corrected chi connectivity index (χ0v) is 20.0. The molecule has 1 saturated heterocycles. The van der Waals surface area contributed by atoms with Gasteiger partial charge in [-0.2, -0.15) is 0 Å². The maximum Gasteiger partial charge on any atom is 0.338 e. The molecule has 0 aromatic heterocycles. The van der Waals surface area contributed by atoms with Crippen LogP contribution in [0.1, 0.15) is 45.5 Å². The van der Waals surface area contributed by atoms with E-state index in [4.69, 9.17) is 4.74 Å². The summed E-state index contributed by atoms with van der Waals surface area (Å²) in [6.45, 7) is 7.44. The predicted octanol–water partition coefficient (Wildman–Crippen LogP) is 5.41. The van der Waals surface area contributed by atoms with Crippen molar-refractivity contribution in [2.45, 2.75) is 39.8 Å². The van der Waals surface area contributed by atoms with Crippen LogP contribution < -0.4 is 5.32 Å². The quantitative estimate of drug-likeness (QED) is 0.363. The second-order valence-corrected chi connectivity index (χ2v) is 9.39. The van der Waals surface area contributed by atoms with Crippen molar-refractivity contribution in [3.05, 3.63) is 101 Å². The molecule has 0 spiro atoms. The number of likely N-dealkylation sites (tertiary alicyclic amines) is 1. The number of aryl methyl sites for hydroxylation is 2. The molecule has 0 radical (unpaired) electrons. The minimum absolute atomic E-state index is 0.0171. The molecule has 34 heavy (non-hydrogen) atoms. The van der Waals surface area contributed by atoms with Crippen molar-refractivity contribution in [1.29, 1.82) is 0 Å². The molecule has 1 amide bonds. The molecule has 0 saturated carbocycles. The third kappa shape index (κ3) is 5.91. The van der Waals surface area contributed by atoms with Crippen LogP contribution in [0.15, 0.2) is 72.8 Å². The molecule has 0 atom stereocenters. The second kappa shape index (κ2) is 10.7. The van der Waals surface area contributed by atoms with Crippen LogP contribution in [0.2, 0.25) is 0 Å². The average Bonchev–Trinajstić information content (AvgIpc) is 3.28. The standard InChI is InChI=1S/C29H32N2O3/c1-22-17-26(29(33)34-21-25-13-7-4-8-14-25)18-23(2)28(22)30-27(32)20-31(15-9-10-16-31)19-24-11-5-3-6-12-24/h3-8,11-14,17-18H,9-10,15-16,19-21H2,1-2H3/p+1. The highest BCUT2D eigenvalue weighted by Crippen LogP contribution is 2.26. The van der Waals surface area contributed by atoms with E-state index in [1.807, 2.05) is 50.2 Å². The first-order valence-electron chi connectivity index (χ1n) is 12.0. The van der Waals surface area contributed by atoms with Gasteiger partial charge in [-0.05, 0) is 42.7 Å². The molecular weight excluding hydrogens is 424 g/mol. The normalized spacial score (nSPS) is 14.5. The fourth-order valence-electron chi connectivity index (χ4n) is 4.92. The molecule has 5 heteroatoms. The van der Waals surface area contributed by atoms with Crippen molar-refractivity contribution >= 4 is 17.6 Å². The lowest BCUT2D eigenvalue weighted by Crippen LogP contribution is -2.49. The van der Waals surface area contributed by atoms with Crippen LogP contribution in [0.5, 0.6) is 0 Å². The van der Waals surface area contributed by atoms with Crippen molar-refractivity contribution in [3.63, 3.8) is 0 Å². The van der Waals surface area contributed by atoms with E-state index >= 15 is 0 Å². The molecule has 1 fully saturated rings. The number of ether oxygens (including phenoxy) is 1. The third-order valence-corrected chi connectivity index (χ3v) is 6.60. The van der Waals surface area contributed by atoms with E-state index in [2.05, 4.69) is 29.6 Å². The predicted molar refractivity (Wildman–Crippen MR) is 134 cm³/mol. The van der Waals surface area contributed by atoms with Crippen molar-refractivity contribution < 1.29 is 18.8 Å². The first-order valence-corrected chi connectivity index (χ1v) is 12.0. The molecule has 5 nitrogen and oxygen atoms in total. The molecule has 0 unspecified atom stereocenters. The number of rotatable bonds is 8. The van der Waals surface area contributed by atoms with Crippen LogP contribution in [0.3, 0.4) is 0 Å². The summed E-state index contributed by atoms with van der Waals surface area (Å²) in [6, 6.07) is 23.6. The number of hydrogen-bond donors (Lipinski definition) is 1. The van der Waals surface area contributed by atoms with Gasteiger partial charge in [-0.15, -0.1) is 0 Å². The van der Waals surface area contributed by atoms with E-state index in [1.165, 1.54) is 5.56 Å². The van der Waals surface area contributed by atoms with Gasteiger partial charge in [0.15, 0.2) is 6.54 Å². The second-order valence-electron chi connectivity index (χ2n) is 9.39. The van der Waals surface area contributed by atoms with E-state index in [0.29, 0.717) is 12.1 Å². The number of amides is 1. The summed E-state index contributed by atoms with van der Waals surface area (Å²) in [4.78, 5) is 25.7. The molecule has 4 rings (SSSR count). The van der Waals surface area contributed by atoms with Gasteiger partial charge in [0.1, 0.15) is 13.2 Å². The Balaban J connectivity index is 1.41. The Morgan fingerprint density at radius 1 is 0.853 bits per heavy atom. The maximum absolute atomic E-state index is 13.1. The Labute approximate surface area is 202 Å². The van der Waals surface area contributed by atoms with Gasteiger partial charge in [-0.25, -0.2) is 4.79 Å². The summed E-state index contributed by atoms with van der Waals surface area (Å²) in [5.74, 6) is -0.346. The summed E-state index contributed by atoms with van der Waals surface area (Å²) >= 11 is 0. The van der Waals surface area contributed by atoms with Crippen molar-refractivity contribution in [2.75, 3.05) is 25.0 Å². The van der Waals surface area contributed by atoms with Gasteiger partial charge in [0.05, 0.1) is 18.7 Å². The highest BCUT2D eigenvalue weighted by Gasteiger charge is 2.34. The summed E-state index contributed by atoms with van der Waals surface area (Å²) in [6.07, 6.45) is 2.30. The molecular formula is C29H33N2O3+. The third-order valence-electron chi connectivity index (χ3n) is 6.60. The lowest BCUT2D eigenvalue weighted by molar-refractivity contribution is -0.922. The number of nitrogens with zero attached hydrogens (tertiary/aromatic N) is 1. The molecule has 3 aromatic rings. The number of anilines is 1. The minimum atomic E-state index is -0.364. The number of hydrogen-bond acceptors (Lipinski definition) is 3. The number of carbonyl (C=O) groups is 2. The smallest absolute Gasteiger partial charge is 0.338 e. The zero-order valence-electron chi connectivity index (χ0n) is 20.0. The highest BCUT2D eigenvalue weighted by molar-refractivity contribution is 5.95. The number of quaternary nitrogens is 1. The Hall–Kier alpha value is -3.44. The van der Waals surface area contributed by atoms with Gasteiger partial charge in [0, 0.05) is 24.1 Å². The number of esters is 1. The number of nitrogens with one attached hydrogen (secondary N) is 1. The van der Waals surface area contributed by atoms with Crippen molar-refractivity contribution in [2.24, 2.45) is 0 Å². The molecule has 1 N–H and O–H groups in total.